The molecule has 1 aromatic heterocycles. The van der Waals surface area contributed by atoms with E-state index in [4.69, 9.17) is 0 Å². The first-order chi connectivity index (χ1) is 6.04. The number of nitrogens with zero attached hydrogens (tertiary/aromatic N) is 3. The van der Waals surface area contributed by atoms with E-state index >= 15 is 0 Å². The molecule has 0 fully saturated rings. The lowest BCUT2D eigenvalue weighted by Gasteiger charge is -2.11. The first kappa shape index (κ1) is 9.84. The van der Waals surface area contributed by atoms with Crippen molar-refractivity contribution in [2.45, 2.75) is 0 Å². The molecule has 0 aliphatic heterocycles. The van der Waals surface area contributed by atoms with Gasteiger partial charge in [0.1, 0.15) is 5.69 Å². The highest BCUT2D eigenvalue weighted by molar-refractivity contribution is 5.93. The van der Waals surface area contributed by atoms with E-state index in [1.54, 1.807) is 0 Å². The highest BCUT2D eigenvalue weighted by Gasteiger charge is 2.16. The molecule has 0 unspecified atom stereocenters. The van der Waals surface area contributed by atoms with Gasteiger partial charge in [0.05, 0.1) is 28.2 Å². The molecule has 3 nitrogen and oxygen atoms in total. The van der Waals surface area contributed by atoms with E-state index in [0.29, 0.717) is 0 Å². The van der Waals surface area contributed by atoms with Gasteiger partial charge in [-0.25, -0.2) is 0 Å². The van der Waals surface area contributed by atoms with E-state index in [1.807, 2.05) is 0 Å². The number of rotatable bonds is 1. The van der Waals surface area contributed by atoms with Crippen LogP contribution >= 0.6 is 0 Å². The Morgan fingerprint density at radius 1 is 1.38 bits per heavy atom. The Bertz CT molecular complexity index is 317. The number of hydrogen-bond donors (Lipinski definition) is 0. The molecule has 0 amide bonds. The zero-order valence-corrected chi connectivity index (χ0v) is 9.07. The van der Waals surface area contributed by atoms with Crippen LogP contribution in [0.3, 0.4) is 0 Å². The highest BCUT2D eigenvalue weighted by Crippen LogP contribution is 2.02. The monoisotopic (exact) mass is 180 g/mol. The third-order valence-corrected chi connectivity index (χ3v) is 2.02. The second kappa shape index (κ2) is 3.64. The van der Waals surface area contributed by atoms with Crippen molar-refractivity contribution in [1.82, 2.24) is 9.47 Å². The van der Waals surface area contributed by atoms with Gasteiger partial charge in [0.25, 0.3) is 5.84 Å². The molecule has 0 bridgehead atoms. The lowest BCUT2D eigenvalue weighted by atomic mass is 10.3. The summed E-state index contributed by atoms with van der Waals surface area (Å²) >= 11 is 0. The quantitative estimate of drug-likeness (QED) is 0.350. The van der Waals surface area contributed by atoms with Crippen molar-refractivity contribution in [1.29, 1.82) is 0 Å². The van der Waals surface area contributed by atoms with Crippen LogP contribution in [-0.4, -0.2) is 48.1 Å². The van der Waals surface area contributed by atoms with Gasteiger partial charge in [-0.1, -0.05) is 0 Å². The van der Waals surface area contributed by atoms with Gasteiger partial charge in [-0.3, -0.25) is 9.48 Å². The van der Waals surface area contributed by atoms with E-state index in [0.717, 1.165) is 0 Å². The van der Waals surface area contributed by atoms with Gasteiger partial charge in [0.15, 0.2) is 0 Å². The molecule has 0 aromatic carbocycles. The maximum Gasteiger partial charge on any atom is 0.295 e. The molecule has 3 heteroatoms. The summed E-state index contributed by atoms with van der Waals surface area (Å²) in [5, 5.41) is 0. The highest BCUT2D eigenvalue weighted by atomic mass is 15.2. The summed E-state index contributed by atoms with van der Waals surface area (Å²) in [5.74, 6) is 1.22. The van der Waals surface area contributed by atoms with E-state index in [-0.39, 0.29) is 0 Å². The molecule has 1 rings (SSSR count). The molecule has 0 saturated heterocycles. The standard InChI is InChI=1S/C10H18N3/c1-11(2)10(12(3)4)9-7-6-8-13(9)5/h6-8H,1-5H3/q+1. The summed E-state index contributed by atoms with van der Waals surface area (Å²) in [5.41, 5.74) is 1.23. The third-order valence-electron chi connectivity index (χ3n) is 2.02. The minimum absolute atomic E-state index is 1.22. The third kappa shape index (κ3) is 1.91. The van der Waals surface area contributed by atoms with Crippen LogP contribution in [0.2, 0.25) is 0 Å². The van der Waals surface area contributed by atoms with Gasteiger partial charge in [-0.2, -0.15) is 0 Å². The fourth-order valence-corrected chi connectivity index (χ4v) is 1.55. The average molecular weight is 180 g/mol. The van der Waals surface area contributed by atoms with Crippen molar-refractivity contribution >= 4 is 5.84 Å². The van der Waals surface area contributed by atoms with Gasteiger partial charge in [-0.05, 0) is 12.1 Å². The maximum atomic E-state index is 2.12. The van der Waals surface area contributed by atoms with Gasteiger partial charge >= 0.3 is 0 Å². The zero-order chi connectivity index (χ0) is 10.0. The number of aromatic nitrogens is 1. The number of amidine groups is 1. The maximum absolute atomic E-state index is 2.12. The van der Waals surface area contributed by atoms with Crippen LogP contribution in [0.15, 0.2) is 18.3 Å². The molecular formula is C10H18N3+. The molecule has 72 valence electrons. The van der Waals surface area contributed by atoms with Gasteiger partial charge in [-0.15, -0.1) is 0 Å². The largest absolute Gasteiger partial charge is 0.344 e. The average Bonchev–Trinajstić information content (AvgIpc) is 2.35. The van der Waals surface area contributed by atoms with Crippen LogP contribution < -0.4 is 0 Å². The molecule has 0 atom stereocenters. The normalized spacial score (nSPS) is 9.92. The van der Waals surface area contributed by atoms with Crippen LogP contribution in [0.25, 0.3) is 0 Å². The van der Waals surface area contributed by atoms with Crippen LogP contribution in [0.5, 0.6) is 0 Å². The predicted octanol–water partition coefficient (Wildman–Crippen LogP) is 0.605. The smallest absolute Gasteiger partial charge is 0.295 e. The summed E-state index contributed by atoms with van der Waals surface area (Å²) in [6.07, 6.45) is 2.06. The first-order valence-electron chi connectivity index (χ1n) is 4.37. The van der Waals surface area contributed by atoms with Crippen molar-refractivity contribution in [3.8, 4) is 0 Å². The van der Waals surface area contributed by atoms with Crippen molar-refractivity contribution in [2.24, 2.45) is 7.05 Å². The van der Waals surface area contributed by atoms with Gasteiger partial charge in [0.2, 0.25) is 0 Å². The minimum atomic E-state index is 1.22. The molecule has 0 N–H and O–H groups in total. The second-order valence-corrected chi connectivity index (χ2v) is 3.62. The van der Waals surface area contributed by atoms with E-state index in [9.17, 15) is 0 Å². The van der Waals surface area contributed by atoms with Gasteiger partial charge in [0, 0.05) is 13.2 Å². The molecular weight excluding hydrogens is 162 g/mol. The van der Waals surface area contributed by atoms with E-state index in [1.165, 1.54) is 11.5 Å². The Balaban J connectivity index is 3.19. The first-order valence-corrected chi connectivity index (χ1v) is 4.37. The number of aryl methyl sites for hydroxylation is 1. The molecule has 0 aliphatic carbocycles. The number of hydrogen-bond acceptors (Lipinski definition) is 0. The molecule has 13 heavy (non-hydrogen) atoms. The van der Waals surface area contributed by atoms with E-state index in [2.05, 4.69) is 67.6 Å². The molecule has 1 aromatic rings. The van der Waals surface area contributed by atoms with Crippen molar-refractivity contribution < 1.29 is 4.58 Å². The van der Waals surface area contributed by atoms with Crippen LogP contribution in [0.1, 0.15) is 5.69 Å². The topological polar surface area (TPSA) is 11.2 Å². The molecule has 0 aliphatic rings. The Morgan fingerprint density at radius 2 is 2.00 bits per heavy atom. The van der Waals surface area contributed by atoms with Crippen LogP contribution in [0.4, 0.5) is 0 Å². The fourth-order valence-electron chi connectivity index (χ4n) is 1.55. The van der Waals surface area contributed by atoms with Gasteiger partial charge < -0.3 is 4.57 Å². The summed E-state index contributed by atoms with van der Waals surface area (Å²) in [4.78, 5) is 2.12. The Labute approximate surface area is 79.9 Å². The Kier molecular flexibility index (Phi) is 2.76. The van der Waals surface area contributed by atoms with E-state index < -0.39 is 0 Å². The lowest BCUT2D eigenvalue weighted by Crippen LogP contribution is -2.32. The molecule has 0 spiro atoms. The molecule has 0 radical (unpaired) electrons. The summed E-state index contributed by atoms with van der Waals surface area (Å²) in [7, 11) is 10.3. The Hall–Kier alpha value is -1.25. The zero-order valence-electron chi connectivity index (χ0n) is 9.07. The molecule has 1 heterocycles. The summed E-state index contributed by atoms with van der Waals surface area (Å²) in [6.45, 7) is 0. The van der Waals surface area contributed by atoms with Crippen LogP contribution in [-0.2, 0) is 7.05 Å². The van der Waals surface area contributed by atoms with Crippen molar-refractivity contribution in [2.75, 3.05) is 28.2 Å². The SMILES string of the molecule is CN(C)C(c1cccn1C)=[N+](C)C. The predicted molar refractivity (Wildman–Crippen MR) is 55.3 cm³/mol. The summed E-state index contributed by atoms with van der Waals surface area (Å²) < 4.78 is 4.24. The summed E-state index contributed by atoms with van der Waals surface area (Å²) in [6, 6.07) is 4.18. The molecule has 0 saturated carbocycles. The van der Waals surface area contributed by atoms with Crippen molar-refractivity contribution in [3.63, 3.8) is 0 Å². The lowest BCUT2D eigenvalue weighted by molar-refractivity contribution is -0.469. The van der Waals surface area contributed by atoms with Crippen molar-refractivity contribution in [3.05, 3.63) is 24.0 Å². The second-order valence-electron chi connectivity index (χ2n) is 3.62. The minimum Gasteiger partial charge on any atom is -0.344 e. The fraction of sp³-hybridized carbons (Fsp3) is 0.500. The Morgan fingerprint density at radius 3 is 2.31 bits per heavy atom. The van der Waals surface area contributed by atoms with Crippen LogP contribution in [0, 0.1) is 0 Å².